The Balaban J connectivity index is 3.41. The third-order valence-electron chi connectivity index (χ3n) is 3.37. The number of rotatable bonds is 12. The molecule has 0 saturated heterocycles. The predicted octanol–water partition coefficient (Wildman–Crippen LogP) is 3.48. The van der Waals surface area contributed by atoms with E-state index in [9.17, 15) is 0 Å². The highest BCUT2D eigenvalue weighted by Gasteiger charge is 2.10. The summed E-state index contributed by atoms with van der Waals surface area (Å²) >= 11 is 1.96. The maximum Gasteiger partial charge on any atom is 0.0180 e. The molecule has 0 saturated carbocycles. The van der Waals surface area contributed by atoms with Crippen LogP contribution in [0.3, 0.4) is 0 Å². The first-order valence-corrected chi connectivity index (χ1v) is 8.91. The molecule has 0 radical (unpaired) electrons. The van der Waals surface area contributed by atoms with Gasteiger partial charge in [0.25, 0.3) is 0 Å². The first-order valence-electron chi connectivity index (χ1n) is 7.51. The molecule has 0 amide bonds. The second kappa shape index (κ2) is 12.3. The zero-order valence-electron chi connectivity index (χ0n) is 13.2. The Morgan fingerprint density at radius 1 is 1.17 bits per heavy atom. The molecular formula is C15H34N2S. The Morgan fingerprint density at radius 3 is 2.44 bits per heavy atom. The molecule has 110 valence electrons. The third kappa shape index (κ3) is 10.2. The maximum absolute atomic E-state index is 3.51. The lowest BCUT2D eigenvalue weighted by Gasteiger charge is -2.26. The number of nitrogens with one attached hydrogen (secondary N) is 1. The minimum absolute atomic E-state index is 0.763. The van der Waals surface area contributed by atoms with Gasteiger partial charge in [0.2, 0.25) is 0 Å². The Kier molecular flexibility index (Phi) is 12.5. The maximum atomic E-state index is 3.51. The largest absolute Gasteiger partial charge is 0.316 e. The van der Waals surface area contributed by atoms with E-state index in [0.717, 1.165) is 18.5 Å². The Morgan fingerprint density at radius 2 is 1.89 bits per heavy atom. The van der Waals surface area contributed by atoms with Crippen LogP contribution in [0.5, 0.6) is 0 Å². The van der Waals surface area contributed by atoms with Crippen LogP contribution in [-0.4, -0.2) is 49.6 Å². The fraction of sp³-hybridized carbons (Fsp3) is 1.00. The van der Waals surface area contributed by atoms with Gasteiger partial charge in [-0.25, -0.2) is 0 Å². The summed E-state index contributed by atoms with van der Waals surface area (Å²) in [6, 6.07) is 0.763. The number of nitrogens with zero attached hydrogens (tertiary/aromatic N) is 1. The van der Waals surface area contributed by atoms with Gasteiger partial charge in [-0.3, -0.25) is 0 Å². The van der Waals surface area contributed by atoms with Gasteiger partial charge in [-0.05, 0) is 58.1 Å². The van der Waals surface area contributed by atoms with Gasteiger partial charge in [-0.1, -0.05) is 27.2 Å². The number of thioether (sulfide) groups is 1. The van der Waals surface area contributed by atoms with Crippen molar-refractivity contribution in [2.75, 3.05) is 38.7 Å². The molecular weight excluding hydrogens is 240 g/mol. The summed E-state index contributed by atoms with van der Waals surface area (Å²) in [4.78, 5) is 2.54. The second-order valence-electron chi connectivity index (χ2n) is 5.66. The van der Waals surface area contributed by atoms with Crippen molar-refractivity contribution in [2.24, 2.45) is 5.92 Å². The molecule has 0 fully saturated rings. The average Bonchev–Trinajstić information content (AvgIpc) is 2.34. The third-order valence-corrected chi connectivity index (χ3v) is 4.09. The number of hydrogen-bond donors (Lipinski definition) is 1. The van der Waals surface area contributed by atoms with Gasteiger partial charge >= 0.3 is 0 Å². The molecule has 0 rings (SSSR count). The first-order chi connectivity index (χ1) is 8.61. The van der Waals surface area contributed by atoms with E-state index in [4.69, 9.17) is 0 Å². The van der Waals surface area contributed by atoms with E-state index < -0.39 is 0 Å². The zero-order chi connectivity index (χ0) is 13.8. The Bertz CT molecular complexity index is 174. The van der Waals surface area contributed by atoms with Crippen LogP contribution in [0.4, 0.5) is 0 Å². The molecule has 1 unspecified atom stereocenters. The molecule has 0 aromatic carbocycles. The van der Waals surface area contributed by atoms with E-state index in [2.05, 4.69) is 44.3 Å². The lowest BCUT2D eigenvalue weighted by molar-refractivity contribution is 0.250. The van der Waals surface area contributed by atoms with E-state index in [1.165, 1.54) is 44.5 Å². The van der Waals surface area contributed by atoms with Crippen molar-refractivity contribution in [3.8, 4) is 0 Å². The van der Waals surface area contributed by atoms with E-state index in [1.807, 2.05) is 11.8 Å². The van der Waals surface area contributed by atoms with Crippen molar-refractivity contribution in [3.63, 3.8) is 0 Å². The van der Waals surface area contributed by atoms with Crippen LogP contribution in [0.15, 0.2) is 0 Å². The van der Waals surface area contributed by atoms with E-state index in [1.54, 1.807) is 0 Å². The monoisotopic (exact) mass is 274 g/mol. The predicted molar refractivity (Wildman–Crippen MR) is 86.6 cm³/mol. The van der Waals surface area contributed by atoms with E-state index in [-0.39, 0.29) is 0 Å². The minimum Gasteiger partial charge on any atom is -0.316 e. The van der Waals surface area contributed by atoms with Gasteiger partial charge in [0.15, 0.2) is 0 Å². The van der Waals surface area contributed by atoms with E-state index in [0.29, 0.717) is 0 Å². The van der Waals surface area contributed by atoms with Gasteiger partial charge in [0.1, 0.15) is 0 Å². The van der Waals surface area contributed by atoms with Gasteiger partial charge in [-0.2, -0.15) is 11.8 Å². The molecule has 0 aliphatic rings. The van der Waals surface area contributed by atoms with Crippen LogP contribution >= 0.6 is 11.8 Å². The smallest absolute Gasteiger partial charge is 0.0180 e. The quantitative estimate of drug-likeness (QED) is 0.549. The summed E-state index contributed by atoms with van der Waals surface area (Å²) < 4.78 is 0. The summed E-state index contributed by atoms with van der Waals surface area (Å²) in [7, 11) is 2.28. The second-order valence-corrected chi connectivity index (χ2v) is 6.57. The molecule has 2 nitrogen and oxygen atoms in total. The molecule has 0 heterocycles. The zero-order valence-corrected chi connectivity index (χ0v) is 14.0. The van der Waals surface area contributed by atoms with Crippen LogP contribution in [0.25, 0.3) is 0 Å². The van der Waals surface area contributed by atoms with Crippen LogP contribution in [-0.2, 0) is 0 Å². The molecule has 3 heteroatoms. The van der Waals surface area contributed by atoms with Crippen LogP contribution in [0, 0.1) is 5.92 Å². The first kappa shape index (κ1) is 18.3. The topological polar surface area (TPSA) is 15.3 Å². The van der Waals surface area contributed by atoms with Crippen molar-refractivity contribution in [1.29, 1.82) is 0 Å². The summed E-state index contributed by atoms with van der Waals surface area (Å²) in [5.41, 5.74) is 0. The molecule has 1 atom stereocenters. The van der Waals surface area contributed by atoms with Crippen molar-refractivity contribution in [2.45, 2.75) is 52.5 Å². The van der Waals surface area contributed by atoms with Crippen molar-refractivity contribution < 1.29 is 0 Å². The minimum atomic E-state index is 0.763. The molecule has 0 aliphatic heterocycles. The number of unbranched alkanes of at least 4 members (excludes halogenated alkanes) is 2. The average molecular weight is 275 g/mol. The van der Waals surface area contributed by atoms with Crippen molar-refractivity contribution in [3.05, 3.63) is 0 Å². The standard InChI is InChI=1S/C15H34N2S/c1-6-15(13-18-5)17(4)11-9-7-8-10-16-12-14(2)3/h14-16H,6-13H2,1-5H3. The van der Waals surface area contributed by atoms with Gasteiger partial charge in [-0.15, -0.1) is 0 Å². The molecule has 1 N–H and O–H groups in total. The number of hydrogen-bond acceptors (Lipinski definition) is 3. The van der Waals surface area contributed by atoms with Gasteiger partial charge < -0.3 is 10.2 Å². The van der Waals surface area contributed by atoms with Crippen LogP contribution in [0.1, 0.15) is 46.5 Å². The van der Waals surface area contributed by atoms with Crippen LogP contribution in [0.2, 0.25) is 0 Å². The van der Waals surface area contributed by atoms with Gasteiger partial charge in [0, 0.05) is 11.8 Å². The molecule has 0 aromatic rings. The lowest BCUT2D eigenvalue weighted by atomic mass is 10.2. The fourth-order valence-corrected chi connectivity index (χ4v) is 2.99. The Hall–Kier alpha value is 0.270. The summed E-state index contributed by atoms with van der Waals surface area (Å²) in [5, 5.41) is 3.51. The van der Waals surface area contributed by atoms with Crippen molar-refractivity contribution in [1.82, 2.24) is 10.2 Å². The van der Waals surface area contributed by atoms with Crippen LogP contribution < -0.4 is 5.32 Å². The van der Waals surface area contributed by atoms with Gasteiger partial charge in [0.05, 0.1) is 0 Å². The summed E-state index contributed by atoms with van der Waals surface area (Å²) in [6.07, 6.45) is 7.49. The fourth-order valence-electron chi connectivity index (χ4n) is 2.11. The molecule has 0 aliphatic carbocycles. The van der Waals surface area contributed by atoms with Crippen molar-refractivity contribution >= 4 is 11.8 Å². The highest BCUT2D eigenvalue weighted by Crippen LogP contribution is 2.09. The summed E-state index contributed by atoms with van der Waals surface area (Å²) in [5.74, 6) is 2.04. The van der Waals surface area contributed by atoms with E-state index >= 15 is 0 Å². The highest BCUT2D eigenvalue weighted by molar-refractivity contribution is 7.98. The molecule has 18 heavy (non-hydrogen) atoms. The lowest BCUT2D eigenvalue weighted by Crippen LogP contribution is -2.34. The Labute approximate surface area is 119 Å². The summed E-state index contributed by atoms with van der Waals surface area (Å²) in [6.45, 7) is 10.4. The highest BCUT2D eigenvalue weighted by atomic mass is 32.2. The molecule has 0 bridgehead atoms. The molecule has 0 aromatic heterocycles. The normalized spacial score (nSPS) is 13.5. The SMILES string of the molecule is CCC(CSC)N(C)CCCCCNCC(C)C. The molecule has 0 spiro atoms.